The van der Waals surface area contributed by atoms with Crippen LogP contribution in [0.2, 0.25) is 0 Å². The van der Waals surface area contributed by atoms with Crippen LogP contribution in [0.1, 0.15) is 63.5 Å². The van der Waals surface area contributed by atoms with Crippen molar-refractivity contribution in [2.24, 2.45) is 5.92 Å². The first kappa shape index (κ1) is 15.4. The van der Waals surface area contributed by atoms with Gasteiger partial charge in [0.2, 0.25) is 0 Å². The van der Waals surface area contributed by atoms with Gasteiger partial charge < -0.3 is 10.6 Å². The minimum absolute atomic E-state index is 0.573. The van der Waals surface area contributed by atoms with Crippen molar-refractivity contribution in [1.82, 2.24) is 5.32 Å². The summed E-state index contributed by atoms with van der Waals surface area (Å²) in [6.45, 7) is 12.6. The van der Waals surface area contributed by atoms with Crippen LogP contribution in [-0.2, 0) is 0 Å². The van der Waals surface area contributed by atoms with Crippen LogP contribution in [0.4, 0.5) is 5.69 Å². The molecule has 0 unspecified atom stereocenters. The molecule has 0 aliphatic carbocycles. The number of benzene rings is 1. The fourth-order valence-electron chi connectivity index (χ4n) is 2.92. The molecular formula is C18H30N2. The van der Waals surface area contributed by atoms with Crippen LogP contribution in [0, 0.1) is 5.92 Å². The monoisotopic (exact) mass is 274 g/mol. The second-order valence-corrected chi connectivity index (χ2v) is 6.73. The molecule has 2 rings (SSSR count). The molecule has 0 amide bonds. The van der Waals surface area contributed by atoms with E-state index in [1.165, 1.54) is 42.7 Å². The van der Waals surface area contributed by atoms with Crippen LogP contribution in [0.15, 0.2) is 18.2 Å². The average Bonchev–Trinajstić information content (AvgIpc) is 2.45. The molecule has 1 aliphatic heterocycles. The standard InChI is InChI=1S/C18H30N2/c1-13(2)16-5-6-18(17(11-16)14(3)4)20-12-15-7-9-19-10-8-15/h5-6,11,13-15,19-20H,7-10,12H2,1-4H3. The van der Waals surface area contributed by atoms with Gasteiger partial charge in [-0.05, 0) is 60.9 Å². The van der Waals surface area contributed by atoms with Gasteiger partial charge in [0.05, 0.1) is 0 Å². The highest BCUT2D eigenvalue weighted by molar-refractivity contribution is 5.54. The van der Waals surface area contributed by atoms with Gasteiger partial charge in [-0.2, -0.15) is 0 Å². The van der Waals surface area contributed by atoms with E-state index in [0.29, 0.717) is 11.8 Å². The van der Waals surface area contributed by atoms with E-state index >= 15 is 0 Å². The van der Waals surface area contributed by atoms with Crippen molar-refractivity contribution in [2.45, 2.75) is 52.4 Å². The second kappa shape index (κ2) is 7.12. The molecule has 2 N–H and O–H groups in total. The molecule has 0 aromatic heterocycles. The molecule has 0 radical (unpaired) electrons. The summed E-state index contributed by atoms with van der Waals surface area (Å²) in [6, 6.07) is 6.95. The highest BCUT2D eigenvalue weighted by Gasteiger charge is 2.14. The molecule has 0 spiro atoms. The largest absolute Gasteiger partial charge is 0.385 e. The number of anilines is 1. The second-order valence-electron chi connectivity index (χ2n) is 6.73. The maximum absolute atomic E-state index is 3.70. The van der Waals surface area contributed by atoms with Gasteiger partial charge in [0.25, 0.3) is 0 Å². The highest BCUT2D eigenvalue weighted by atomic mass is 14.9. The molecule has 0 bridgehead atoms. The van der Waals surface area contributed by atoms with Crippen molar-refractivity contribution in [3.8, 4) is 0 Å². The van der Waals surface area contributed by atoms with Gasteiger partial charge in [-0.25, -0.2) is 0 Å². The Labute approximate surface area is 124 Å². The molecule has 1 heterocycles. The van der Waals surface area contributed by atoms with E-state index in [-0.39, 0.29) is 0 Å². The maximum Gasteiger partial charge on any atom is 0.0375 e. The third kappa shape index (κ3) is 3.99. The van der Waals surface area contributed by atoms with Gasteiger partial charge in [0.1, 0.15) is 0 Å². The Morgan fingerprint density at radius 1 is 1.10 bits per heavy atom. The SMILES string of the molecule is CC(C)c1ccc(NCC2CCNCC2)c(C(C)C)c1. The Kier molecular flexibility index (Phi) is 5.47. The Bertz CT molecular complexity index is 417. The third-order valence-electron chi connectivity index (χ3n) is 4.40. The Hall–Kier alpha value is -1.02. The molecule has 1 fully saturated rings. The van der Waals surface area contributed by atoms with Crippen molar-refractivity contribution in [3.63, 3.8) is 0 Å². The van der Waals surface area contributed by atoms with Gasteiger partial charge in [-0.15, -0.1) is 0 Å². The summed E-state index contributed by atoms with van der Waals surface area (Å²) in [5.74, 6) is 2.00. The van der Waals surface area contributed by atoms with E-state index < -0.39 is 0 Å². The number of nitrogens with one attached hydrogen (secondary N) is 2. The minimum Gasteiger partial charge on any atom is -0.385 e. The molecular weight excluding hydrogens is 244 g/mol. The van der Waals surface area contributed by atoms with E-state index in [1.807, 2.05) is 0 Å². The fraction of sp³-hybridized carbons (Fsp3) is 0.667. The van der Waals surface area contributed by atoms with Crippen LogP contribution in [0.5, 0.6) is 0 Å². The molecule has 112 valence electrons. The summed E-state index contributed by atoms with van der Waals surface area (Å²) < 4.78 is 0. The quantitative estimate of drug-likeness (QED) is 0.834. The Morgan fingerprint density at radius 2 is 1.80 bits per heavy atom. The lowest BCUT2D eigenvalue weighted by Crippen LogP contribution is -2.31. The number of rotatable bonds is 5. The van der Waals surface area contributed by atoms with E-state index in [4.69, 9.17) is 0 Å². The van der Waals surface area contributed by atoms with E-state index in [2.05, 4.69) is 56.5 Å². The number of hydrogen-bond acceptors (Lipinski definition) is 2. The van der Waals surface area contributed by atoms with E-state index in [9.17, 15) is 0 Å². The molecule has 1 aromatic carbocycles. The first-order valence-electron chi connectivity index (χ1n) is 8.16. The molecule has 2 heteroatoms. The van der Waals surface area contributed by atoms with Crippen molar-refractivity contribution in [3.05, 3.63) is 29.3 Å². The van der Waals surface area contributed by atoms with Crippen molar-refractivity contribution in [2.75, 3.05) is 25.0 Å². The molecule has 20 heavy (non-hydrogen) atoms. The van der Waals surface area contributed by atoms with Crippen LogP contribution >= 0.6 is 0 Å². The predicted molar refractivity (Wildman–Crippen MR) is 88.7 cm³/mol. The predicted octanol–water partition coefficient (Wildman–Crippen LogP) is 4.34. The van der Waals surface area contributed by atoms with Crippen LogP contribution in [0.3, 0.4) is 0 Å². The lowest BCUT2D eigenvalue weighted by molar-refractivity contribution is 0.390. The molecule has 1 aliphatic rings. The Balaban J connectivity index is 2.05. The lowest BCUT2D eigenvalue weighted by atomic mass is 9.93. The van der Waals surface area contributed by atoms with Gasteiger partial charge in [-0.1, -0.05) is 39.8 Å². The fourth-order valence-corrected chi connectivity index (χ4v) is 2.92. The zero-order valence-corrected chi connectivity index (χ0v) is 13.5. The number of hydrogen-bond donors (Lipinski definition) is 2. The average molecular weight is 274 g/mol. The van der Waals surface area contributed by atoms with Crippen molar-refractivity contribution >= 4 is 5.69 Å². The third-order valence-corrected chi connectivity index (χ3v) is 4.40. The topological polar surface area (TPSA) is 24.1 Å². The molecule has 0 saturated carbocycles. The molecule has 1 aromatic rings. The van der Waals surface area contributed by atoms with Crippen LogP contribution in [-0.4, -0.2) is 19.6 Å². The highest BCUT2D eigenvalue weighted by Crippen LogP contribution is 2.29. The summed E-state index contributed by atoms with van der Waals surface area (Å²) in [6.07, 6.45) is 2.60. The first-order chi connectivity index (χ1) is 9.58. The Morgan fingerprint density at radius 3 is 2.40 bits per heavy atom. The molecule has 2 nitrogen and oxygen atoms in total. The lowest BCUT2D eigenvalue weighted by Gasteiger charge is -2.25. The summed E-state index contributed by atoms with van der Waals surface area (Å²) in [7, 11) is 0. The first-order valence-corrected chi connectivity index (χ1v) is 8.16. The zero-order valence-electron chi connectivity index (χ0n) is 13.5. The summed E-state index contributed by atoms with van der Waals surface area (Å²) in [5, 5.41) is 7.14. The smallest absolute Gasteiger partial charge is 0.0375 e. The van der Waals surface area contributed by atoms with Gasteiger partial charge in [0.15, 0.2) is 0 Å². The van der Waals surface area contributed by atoms with Gasteiger partial charge >= 0.3 is 0 Å². The summed E-state index contributed by atoms with van der Waals surface area (Å²) in [5.41, 5.74) is 4.24. The number of piperidine rings is 1. The maximum atomic E-state index is 3.70. The van der Waals surface area contributed by atoms with E-state index in [1.54, 1.807) is 0 Å². The zero-order chi connectivity index (χ0) is 14.5. The van der Waals surface area contributed by atoms with Crippen molar-refractivity contribution < 1.29 is 0 Å². The molecule has 1 saturated heterocycles. The normalized spacial score (nSPS) is 16.9. The minimum atomic E-state index is 0.573. The summed E-state index contributed by atoms with van der Waals surface area (Å²) in [4.78, 5) is 0. The van der Waals surface area contributed by atoms with Crippen molar-refractivity contribution in [1.29, 1.82) is 0 Å². The van der Waals surface area contributed by atoms with Gasteiger partial charge in [0, 0.05) is 12.2 Å². The van der Waals surface area contributed by atoms with Crippen LogP contribution < -0.4 is 10.6 Å². The van der Waals surface area contributed by atoms with E-state index in [0.717, 1.165) is 12.5 Å². The van der Waals surface area contributed by atoms with Crippen LogP contribution in [0.25, 0.3) is 0 Å². The summed E-state index contributed by atoms with van der Waals surface area (Å²) >= 11 is 0. The van der Waals surface area contributed by atoms with Gasteiger partial charge in [-0.3, -0.25) is 0 Å². The molecule has 0 atom stereocenters.